The minimum Gasteiger partial charge on any atom is -0.381 e. The summed E-state index contributed by atoms with van der Waals surface area (Å²) in [7, 11) is 0. The fraction of sp³-hybridized carbons (Fsp3) is 0.462. The number of rotatable bonds is 6. The predicted octanol–water partition coefficient (Wildman–Crippen LogP) is 4.08. The number of hydrogen-bond acceptors (Lipinski definition) is 3. The van der Waals surface area contributed by atoms with Crippen molar-refractivity contribution in [1.29, 1.82) is 0 Å². The van der Waals surface area contributed by atoms with E-state index in [0.29, 0.717) is 63.7 Å². The number of hydrogen-bond donors (Lipinski definition) is 0. The molecular weight excluding hydrogens is 424 g/mol. The van der Waals surface area contributed by atoms with Crippen molar-refractivity contribution < 1.29 is 14.3 Å². The molecule has 2 aliphatic heterocycles. The molecule has 2 heterocycles. The zero-order chi connectivity index (χ0) is 22.4. The summed E-state index contributed by atoms with van der Waals surface area (Å²) in [5.74, 6) is 0.322. The fourth-order valence-corrected chi connectivity index (χ4v) is 5.03. The van der Waals surface area contributed by atoms with Crippen LogP contribution < -0.4 is 0 Å². The van der Waals surface area contributed by atoms with E-state index in [1.165, 1.54) is 5.56 Å². The van der Waals surface area contributed by atoms with Crippen molar-refractivity contribution >= 4 is 23.4 Å². The van der Waals surface area contributed by atoms with Gasteiger partial charge in [-0.25, -0.2) is 0 Å². The Balaban J connectivity index is 1.34. The Labute approximate surface area is 195 Å². The number of benzene rings is 2. The summed E-state index contributed by atoms with van der Waals surface area (Å²) < 4.78 is 5.58. The minimum absolute atomic E-state index is 0.138. The van der Waals surface area contributed by atoms with Crippen molar-refractivity contribution in [3.8, 4) is 0 Å². The number of carbonyl (C=O) groups is 2. The van der Waals surface area contributed by atoms with Crippen LogP contribution in [0.5, 0.6) is 0 Å². The van der Waals surface area contributed by atoms with Gasteiger partial charge in [-0.3, -0.25) is 9.59 Å². The number of ether oxygens (including phenoxy) is 1. The smallest absolute Gasteiger partial charge is 0.233 e. The quantitative estimate of drug-likeness (QED) is 0.660. The van der Waals surface area contributed by atoms with E-state index in [2.05, 4.69) is 12.1 Å². The van der Waals surface area contributed by atoms with E-state index in [9.17, 15) is 9.59 Å². The molecule has 2 aromatic carbocycles. The van der Waals surface area contributed by atoms with Crippen molar-refractivity contribution in [3.05, 3.63) is 70.7 Å². The molecule has 2 aromatic rings. The van der Waals surface area contributed by atoms with Crippen LogP contribution in [0.3, 0.4) is 0 Å². The van der Waals surface area contributed by atoms with Crippen molar-refractivity contribution in [2.75, 3.05) is 39.4 Å². The van der Waals surface area contributed by atoms with Crippen molar-refractivity contribution in [1.82, 2.24) is 9.80 Å². The van der Waals surface area contributed by atoms with Crippen LogP contribution in [0.15, 0.2) is 54.6 Å². The van der Waals surface area contributed by atoms with Gasteiger partial charge in [0.05, 0.1) is 5.41 Å². The van der Waals surface area contributed by atoms with Gasteiger partial charge in [-0.2, -0.15) is 0 Å². The first-order valence-electron chi connectivity index (χ1n) is 11.5. The molecule has 2 amide bonds. The summed E-state index contributed by atoms with van der Waals surface area (Å²) in [5.41, 5.74) is 1.64. The van der Waals surface area contributed by atoms with Crippen molar-refractivity contribution in [2.45, 2.75) is 37.5 Å². The third kappa shape index (κ3) is 5.16. The molecule has 0 radical (unpaired) electrons. The summed E-state index contributed by atoms with van der Waals surface area (Å²) >= 11 is 6.25. The third-order valence-electron chi connectivity index (χ3n) is 6.75. The molecule has 0 aliphatic carbocycles. The van der Waals surface area contributed by atoms with Crippen LogP contribution >= 0.6 is 11.6 Å². The van der Waals surface area contributed by atoms with Gasteiger partial charge in [0, 0.05) is 50.8 Å². The fourth-order valence-electron chi connectivity index (χ4n) is 4.84. The SMILES string of the molecule is O=C(CCCc1ccccc1)N1CCN(C(=O)C2(c3cccc(Cl)c3)CCOCC2)CC1. The highest BCUT2D eigenvalue weighted by Gasteiger charge is 2.44. The second-order valence-electron chi connectivity index (χ2n) is 8.72. The lowest BCUT2D eigenvalue weighted by molar-refractivity contribution is -0.146. The summed E-state index contributed by atoms with van der Waals surface area (Å²) in [6.07, 6.45) is 3.62. The van der Waals surface area contributed by atoms with Crippen LogP contribution in [0.4, 0.5) is 0 Å². The molecule has 170 valence electrons. The average Bonchev–Trinajstić information content (AvgIpc) is 2.85. The standard InChI is InChI=1S/C26H31ClN2O3/c27-23-10-5-9-22(20-23)26(12-18-32-19-13-26)25(31)29-16-14-28(15-17-29)24(30)11-4-8-21-6-2-1-3-7-21/h1-3,5-7,9-10,20H,4,8,11-19H2. The third-order valence-corrected chi connectivity index (χ3v) is 6.99. The maximum Gasteiger partial charge on any atom is 0.233 e. The summed E-state index contributed by atoms with van der Waals surface area (Å²) in [5, 5.41) is 0.645. The first kappa shape index (κ1) is 22.8. The molecule has 0 bridgehead atoms. The van der Waals surface area contributed by atoms with Crippen LogP contribution in [-0.2, 0) is 26.2 Å². The highest BCUT2D eigenvalue weighted by atomic mass is 35.5. The number of nitrogens with zero attached hydrogens (tertiary/aromatic N) is 2. The molecule has 0 atom stereocenters. The zero-order valence-corrected chi connectivity index (χ0v) is 19.2. The monoisotopic (exact) mass is 454 g/mol. The molecule has 32 heavy (non-hydrogen) atoms. The normalized spacial score (nSPS) is 18.4. The second kappa shape index (κ2) is 10.5. The topological polar surface area (TPSA) is 49.9 Å². The number of carbonyl (C=O) groups excluding carboxylic acids is 2. The molecule has 5 nitrogen and oxygen atoms in total. The first-order chi connectivity index (χ1) is 15.6. The Morgan fingerprint density at radius 3 is 2.28 bits per heavy atom. The molecule has 0 saturated carbocycles. The Morgan fingerprint density at radius 2 is 1.59 bits per heavy atom. The Bertz CT molecular complexity index is 920. The first-order valence-corrected chi connectivity index (χ1v) is 11.9. The zero-order valence-electron chi connectivity index (χ0n) is 18.5. The van der Waals surface area contributed by atoms with Crippen molar-refractivity contribution in [2.24, 2.45) is 0 Å². The van der Waals surface area contributed by atoms with E-state index in [0.717, 1.165) is 18.4 Å². The average molecular weight is 455 g/mol. The number of aryl methyl sites for hydroxylation is 1. The molecule has 4 rings (SSSR count). The van der Waals surface area contributed by atoms with Crippen LogP contribution in [-0.4, -0.2) is 61.0 Å². The molecule has 0 unspecified atom stereocenters. The molecule has 2 aliphatic rings. The van der Waals surface area contributed by atoms with E-state index < -0.39 is 5.41 Å². The summed E-state index contributed by atoms with van der Waals surface area (Å²) in [4.78, 5) is 30.2. The van der Waals surface area contributed by atoms with Gasteiger partial charge >= 0.3 is 0 Å². The van der Waals surface area contributed by atoms with Gasteiger partial charge in [0.2, 0.25) is 11.8 Å². The number of amides is 2. The van der Waals surface area contributed by atoms with Gasteiger partial charge in [-0.15, -0.1) is 0 Å². The maximum absolute atomic E-state index is 13.7. The highest BCUT2D eigenvalue weighted by Crippen LogP contribution is 2.38. The lowest BCUT2D eigenvalue weighted by Crippen LogP contribution is -2.56. The summed E-state index contributed by atoms with van der Waals surface area (Å²) in [6, 6.07) is 17.9. The molecular formula is C26H31ClN2O3. The number of piperazine rings is 1. The van der Waals surface area contributed by atoms with E-state index in [4.69, 9.17) is 16.3 Å². The molecule has 0 N–H and O–H groups in total. The predicted molar refractivity (Wildman–Crippen MR) is 126 cm³/mol. The Morgan fingerprint density at radius 1 is 0.906 bits per heavy atom. The lowest BCUT2D eigenvalue weighted by Gasteiger charge is -2.43. The van der Waals surface area contributed by atoms with Gasteiger partial charge < -0.3 is 14.5 Å². The molecule has 0 spiro atoms. The highest BCUT2D eigenvalue weighted by molar-refractivity contribution is 6.30. The lowest BCUT2D eigenvalue weighted by atomic mass is 9.73. The van der Waals surface area contributed by atoms with Gasteiger partial charge in [0.15, 0.2) is 0 Å². The van der Waals surface area contributed by atoms with Gasteiger partial charge in [0.1, 0.15) is 0 Å². The number of halogens is 1. The van der Waals surface area contributed by atoms with Crippen LogP contribution in [0.1, 0.15) is 36.8 Å². The van der Waals surface area contributed by atoms with E-state index in [1.807, 2.05) is 52.3 Å². The van der Waals surface area contributed by atoms with E-state index in [1.54, 1.807) is 0 Å². The second-order valence-corrected chi connectivity index (χ2v) is 9.15. The van der Waals surface area contributed by atoms with Crippen LogP contribution in [0.25, 0.3) is 0 Å². The Kier molecular flexibility index (Phi) is 7.48. The van der Waals surface area contributed by atoms with Gasteiger partial charge in [-0.05, 0) is 48.9 Å². The van der Waals surface area contributed by atoms with Gasteiger partial charge in [0.25, 0.3) is 0 Å². The van der Waals surface area contributed by atoms with E-state index in [-0.39, 0.29) is 11.8 Å². The molecule has 0 aromatic heterocycles. The van der Waals surface area contributed by atoms with Crippen molar-refractivity contribution in [3.63, 3.8) is 0 Å². The summed E-state index contributed by atoms with van der Waals surface area (Å²) in [6.45, 7) is 3.48. The molecule has 2 fully saturated rings. The molecule has 2 saturated heterocycles. The van der Waals surface area contributed by atoms with Crippen LogP contribution in [0.2, 0.25) is 5.02 Å². The van der Waals surface area contributed by atoms with Gasteiger partial charge in [-0.1, -0.05) is 54.1 Å². The Hall–Kier alpha value is -2.37. The molecule has 6 heteroatoms. The van der Waals surface area contributed by atoms with Crippen LogP contribution in [0, 0.1) is 0 Å². The minimum atomic E-state index is -0.592. The largest absolute Gasteiger partial charge is 0.381 e. The maximum atomic E-state index is 13.7. The van der Waals surface area contributed by atoms with E-state index >= 15 is 0 Å².